The Bertz CT molecular complexity index is 1590. The van der Waals surface area contributed by atoms with Gasteiger partial charge in [-0.25, -0.2) is 34.3 Å². The van der Waals surface area contributed by atoms with E-state index >= 15 is 0 Å². The normalized spacial score (nSPS) is 12.1. The molecule has 0 aliphatic carbocycles. The first-order valence-corrected chi connectivity index (χ1v) is 16.6. The first-order chi connectivity index (χ1) is 24.1. The van der Waals surface area contributed by atoms with Crippen molar-refractivity contribution in [2.45, 2.75) is 119 Å². The lowest BCUT2D eigenvalue weighted by atomic mass is 10.1. The second kappa shape index (κ2) is 20.1. The molecule has 0 spiro atoms. The number of hydrogen-bond donors (Lipinski definition) is 2. The largest absolute Gasteiger partial charge is 0.444 e. The summed E-state index contributed by atoms with van der Waals surface area (Å²) in [4.78, 5) is 55.3. The van der Waals surface area contributed by atoms with Gasteiger partial charge in [-0.1, -0.05) is 19.0 Å². The van der Waals surface area contributed by atoms with Gasteiger partial charge in [0, 0.05) is 57.1 Å². The molecule has 3 aromatic rings. The van der Waals surface area contributed by atoms with Crippen LogP contribution in [-0.4, -0.2) is 98.9 Å². The Morgan fingerprint density at radius 3 is 1.81 bits per heavy atom. The monoisotopic (exact) mass is 766 g/mol. The maximum atomic E-state index is 13.1. The minimum Gasteiger partial charge on any atom is -0.444 e. The number of carbonyl (C=O) groups excluding carboxylic acids is 3. The predicted octanol–water partition coefficient (Wildman–Crippen LogP) is 7.40. The summed E-state index contributed by atoms with van der Waals surface area (Å²) in [6.07, 6.45) is 3.14. The molecule has 3 aromatic heterocycles. The zero-order valence-corrected chi connectivity index (χ0v) is 32.9. The molecule has 53 heavy (non-hydrogen) atoms. The van der Waals surface area contributed by atoms with E-state index < -0.39 is 41.4 Å². The number of H-pyrrole nitrogens is 1. The fourth-order valence-corrected chi connectivity index (χ4v) is 4.37. The zero-order valence-electron chi connectivity index (χ0n) is 32.1. The van der Waals surface area contributed by atoms with Crippen LogP contribution in [0, 0.1) is 0 Å². The molecule has 18 heteroatoms. The van der Waals surface area contributed by atoms with Crippen LogP contribution in [0.3, 0.4) is 0 Å². The molecule has 0 radical (unpaired) electrons. The lowest BCUT2D eigenvalue weighted by Gasteiger charge is -2.29. The van der Waals surface area contributed by atoms with Gasteiger partial charge in [0.2, 0.25) is 0 Å². The summed E-state index contributed by atoms with van der Waals surface area (Å²) in [6, 6.07) is 0. The summed E-state index contributed by atoms with van der Waals surface area (Å²) in [7, 11) is 4.56. The van der Waals surface area contributed by atoms with Crippen molar-refractivity contribution in [3.8, 4) is 11.3 Å². The SMILES string of the molecule is C.COC(C)Cc1c(Cl)ncnc1NC(=O)OC(C)(C)C.COC(Cc1c(-c2cn[nH]c2)ncnc1N(C(=O)OC(C)(C)C)C(=O)OC(C)(C)C)OC. The maximum Gasteiger partial charge on any atom is 0.425 e. The molecule has 296 valence electrons. The van der Waals surface area contributed by atoms with Crippen molar-refractivity contribution in [1.82, 2.24) is 30.1 Å². The minimum absolute atomic E-state index is 0. The molecular weight excluding hydrogens is 712 g/mol. The Morgan fingerprint density at radius 2 is 1.34 bits per heavy atom. The maximum absolute atomic E-state index is 13.1. The highest BCUT2D eigenvalue weighted by Crippen LogP contribution is 2.31. The van der Waals surface area contributed by atoms with Crippen LogP contribution in [-0.2, 0) is 41.3 Å². The fourth-order valence-electron chi connectivity index (χ4n) is 4.16. The number of anilines is 2. The average molecular weight is 767 g/mol. The summed E-state index contributed by atoms with van der Waals surface area (Å²) >= 11 is 6.05. The van der Waals surface area contributed by atoms with E-state index in [1.807, 2.05) is 6.92 Å². The molecule has 3 heterocycles. The molecule has 1 unspecified atom stereocenters. The number of ether oxygens (including phenoxy) is 6. The number of amides is 3. The number of nitrogens with one attached hydrogen (secondary N) is 2. The molecule has 0 bridgehead atoms. The number of aromatic amines is 1. The van der Waals surface area contributed by atoms with Crippen molar-refractivity contribution in [1.29, 1.82) is 0 Å². The van der Waals surface area contributed by atoms with E-state index in [0.717, 1.165) is 4.90 Å². The van der Waals surface area contributed by atoms with E-state index in [-0.39, 0.29) is 30.9 Å². The highest BCUT2D eigenvalue weighted by atomic mass is 35.5. The van der Waals surface area contributed by atoms with Crippen LogP contribution in [0.5, 0.6) is 0 Å². The quantitative estimate of drug-likeness (QED) is 0.117. The molecule has 0 aromatic carbocycles. The number of carbonyl (C=O) groups is 3. The van der Waals surface area contributed by atoms with Crippen molar-refractivity contribution in [3.05, 3.63) is 41.3 Å². The van der Waals surface area contributed by atoms with Gasteiger partial charge in [0.05, 0.1) is 18.0 Å². The van der Waals surface area contributed by atoms with Gasteiger partial charge in [0.25, 0.3) is 0 Å². The highest BCUT2D eigenvalue weighted by molar-refractivity contribution is 6.30. The Morgan fingerprint density at radius 1 is 0.792 bits per heavy atom. The zero-order chi connectivity index (χ0) is 39.4. The van der Waals surface area contributed by atoms with Gasteiger partial charge in [-0.2, -0.15) is 10.00 Å². The van der Waals surface area contributed by atoms with Crippen LogP contribution in [0.4, 0.5) is 26.0 Å². The van der Waals surface area contributed by atoms with Crippen molar-refractivity contribution >= 4 is 41.5 Å². The van der Waals surface area contributed by atoms with Crippen LogP contribution >= 0.6 is 11.6 Å². The van der Waals surface area contributed by atoms with Crippen LogP contribution in [0.15, 0.2) is 25.0 Å². The fraction of sp³-hybridized carbons (Fsp3) is 0.600. The number of hydrogen-bond acceptors (Lipinski definition) is 14. The van der Waals surface area contributed by atoms with Crippen molar-refractivity contribution in [3.63, 3.8) is 0 Å². The number of rotatable bonds is 10. The van der Waals surface area contributed by atoms with Crippen molar-refractivity contribution in [2.24, 2.45) is 0 Å². The first kappa shape index (κ1) is 46.6. The first-order valence-electron chi connectivity index (χ1n) is 16.3. The van der Waals surface area contributed by atoms with Crippen LogP contribution in [0.2, 0.25) is 5.15 Å². The lowest BCUT2D eigenvalue weighted by Crippen LogP contribution is -2.45. The molecule has 3 rings (SSSR count). The number of imide groups is 1. The Hall–Kier alpha value is -4.45. The predicted molar refractivity (Wildman–Crippen MR) is 200 cm³/mol. The van der Waals surface area contributed by atoms with Gasteiger partial charge in [-0.3, -0.25) is 10.4 Å². The van der Waals surface area contributed by atoms with Gasteiger partial charge in [-0.05, 0) is 69.2 Å². The van der Waals surface area contributed by atoms with E-state index in [9.17, 15) is 14.4 Å². The van der Waals surface area contributed by atoms with Gasteiger partial charge in [0.1, 0.15) is 40.4 Å². The van der Waals surface area contributed by atoms with Crippen molar-refractivity contribution in [2.75, 3.05) is 31.5 Å². The topological polar surface area (TPSA) is 202 Å². The Labute approximate surface area is 316 Å². The molecule has 17 nitrogen and oxygen atoms in total. The molecule has 0 fully saturated rings. The van der Waals surface area contributed by atoms with Crippen LogP contribution in [0.1, 0.15) is 87.8 Å². The third kappa shape index (κ3) is 15.6. The molecule has 0 saturated heterocycles. The van der Waals surface area contributed by atoms with Gasteiger partial charge >= 0.3 is 18.3 Å². The Balaban J connectivity index is 0.000000577. The molecule has 0 saturated carbocycles. The summed E-state index contributed by atoms with van der Waals surface area (Å²) in [5.41, 5.74) is -0.198. The van der Waals surface area contributed by atoms with Crippen LogP contribution < -0.4 is 10.2 Å². The highest BCUT2D eigenvalue weighted by Gasteiger charge is 2.36. The third-order valence-electron chi connectivity index (χ3n) is 6.36. The second-order valence-electron chi connectivity index (χ2n) is 14.3. The van der Waals surface area contributed by atoms with E-state index in [4.69, 9.17) is 40.0 Å². The lowest BCUT2D eigenvalue weighted by molar-refractivity contribution is -0.100. The molecule has 0 aliphatic heterocycles. The van der Waals surface area contributed by atoms with Gasteiger partial charge < -0.3 is 28.4 Å². The molecular formula is C35H55ClN8O9. The smallest absolute Gasteiger partial charge is 0.425 e. The molecule has 3 amide bonds. The average Bonchev–Trinajstić information content (AvgIpc) is 3.54. The molecule has 2 N–H and O–H groups in total. The van der Waals surface area contributed by atoms with Crippen LogP contribution in [0.25, 0.3) is 11.3 Å². The number of halogens is 1. The summed E-state index contributed by atoms with van der Waals surface area (Å²) < 4.78 is 32.0. The molecule has 0 aliphatic rings. The van der Waals surface area contributed by atoms with E-state index in [2.05, 4.69) is 35.5 Å². The summed E-state index contributed by atoms with van der Waals surface area (Å²) in [6.45, 7) is 17.4. The van der Waals surface area contributed by atoms with E-state index in [1.165, 1.54) is 26.9 Å². The number of nitrogens with zero attached hydrogens (tertiary/aromatic N) is 6. The van der Waals surface area contributed by atoms with E-state index in [0.29, 0.717) is 34.6 Å². The van der Waals surface area contributed by atoms with Gasteiger partial charge in [-0.15, -0.1) is 0 Å². The minimum atomic E-state index is -0.934. The summed E-state index contributed by atoms with van der Waals surface area (Å²) in [5, 5.41) is 9.55. The summed E-state index contributed by atoms with van der Waals surface area (Å²) in [5.74, 6) is 0.335. The standard InChI is InChI=1S/C21H31N5O6.C13H20ClN3O3.CH4/c1-20(2,3)31-18(27)26(19(28)32-21(4,5)6)17-14(9-15(29-7)30-8)16(22-12-23-17)13-10-24-25-11-13;1-8(19-5)6-9-10(14)15-7-16-11(9)17-12(18)20-13(2,3)4;/h10-12,15H,9H2,1-8H3,(H,24,25);7-8H,6H2,1-5H3,(H,15,16,17,18);1H4. The Kier molecular flexibility index (Phi) is 17.7. The third-order valence-corrected chi connectivity index (χ3v) is 6.69. The van der Waals surface area contributed by atoms with Gasteiger partial charge in [0.15, 0.2) is 12.1 Å². The number of methoxy groups -OCH3 is 3. The number of aromatic nitrogens is 6. The second-order valence-corrected chi connectivity index (χ2v) is 14.6. The molecule has 1 atom stereocenters. The van der Waals surface area contributed by atoms with E-state index in [1.54, 1.807) is 81.8 Å². The van der Waals surface area contributed by atoms with Crippen molar-refractivity contribution < 1.29 is 42.8 Å².